The fraction of sp³-hybridized carbons (Fsp3) is 0.0164. The Labute approximate surface area is 399 Å². The van der Waals surface area contributed by atoms with Crippen molar-refractivity contribution in [2.24, 2.45) is 0 Å². The summed E-state index contributed by atoms with van der Waals surface area (Å²) in [5, 5.41) is 26.7. The molecule has 1 unspecified atom stereocenters. The van der Waals surface area contributed by atoms with E-state index < -0.39 is 5.41 Å². The lowest BCUT2D eigenvalue weighted by Crippen LogP contribution is -2.33. The van der Waals surface area contributed by atoms with Crippen molar-refractivity contribution >= 4 is 77.2 Å². The van der Waals surface area contributed by atoms with E-state index in [0.717, 1.165) is 115 Å². The van der Waals surface area contributed by atoms with Gasteiger partial charge < -0.3 is 13.7 Å². The van der Waals surface area contributed by atoms with Crippen molar-refractivity contribution in [3.05, 3.63) is 234 Å². The fourth-order valence-electron chi connectivity index (χ4n) is 11.9. The molecule has 1 atom stereocenters. The standard InChI is InChI=1S/C61H33N7S/c62-33-36-22-26-53-44(29-36)42-13-3-7-18-51(42)67(53)39-31-48-60(65-35-39)59-47(15-10-28-64-59)61(48)46-25-24-38(66-49-16-5-1-11-40(49)41-12-2-6-17-50(41)66)32-57(46)69-56-21-9-20-55(58(56)61)68-52-19-8-4-14-43(52)45-30-37(34-63)23-27-54(45)68/h1-32,35H. The van der Waals surface area contributed by atoms with Gasteiger partial charge in [-0.2, -0.15) is 10.5 Å². The molecule has 2 aliphatic rings. The van der Waals surface area contributed by atoms with Gasteiger partial charge in [0.15, 0.2) is 0 Å². The number of fused-ring (bicyclic) bond motifs is 18. The molecule has 0 saturated carbocycles. The Hall–Kier alpha value is -9.21. The van der Waals surface area contributed by atoms with Gasteiger partial charge in [0.25, 0.3) is 0 Å². The van der Waals surface area contributed by atoms with E-state index in [-0.39, 0.29) is 0 Å². The van der Waals surface area contributed by atoms with Gasteiger partial charge in [-0.15, -0.1) is 0 Å². The predicted molar refractivity (Wildman–Crippen MR) is 276 cm³/mol. The Kier molecular flexibility index (Phi) is 7.65. The Morgan fingerprint density at radius 1 is 0.406 bits per heavy atom. The predicted octanol–water partition coefficient (Wildman–Crippen LogP) is 14.3. The molecule has 0 saturated heterocycles. The first-order valence-electron chi connectivity index (χ1n) is 22.9. The zero-order valence-electron chi connectivity index (χ0n) is 36.6. The van der Waals surface area contributed by atoms with Crippen molar-refractivity contribution in [2.75, 3.05) is 0 Å². The summed E-state index contributed by atoms with van der Waals surface area (Å²) in [4.78, 5) is 12.9. The number of nitriles is 2. The minimum absolute atomic E-state index is 0.618. The molecule has 0 bridgehead atoms. The lowest BCUT2D eigenvalue weighted by molar-refractivity contribution is 0.711. The summed E-state index contributed by atoms with van der Waals surface area (Å²) in [6.45, 7) is 0. The van der Waals surface area contributed by atoms with Crippen LogP contribution in [0.2, 0.25) is 0 Å². The van der Waals surface area contributed by atoms with Gasteiger partial charge in [0.1, 0.15) is 0 Å². The molecule has 5 aromatic heterocycles. The van der Waals surface area contributed by atoms with E-state index in [4.69, 9.17) is 9.97 Å². The van der Waals surface area contributed by atoms with Gasteiger partial charge in [0, 0.05) is 65.1 Å². The largest absolute Gasteiger partial charge is 0.309 e. The Morgan fingerprint density at radius 2 is 0.957 bits per heavy atom. The highest BCUT2D eigenvalue weighted by Gasteiger charge is 2.53. The quantitative estimate of drug-likeness (QED) is 0.176. The molecule has 0 amide bonds. The second-order valence-electron chi connectivity index (χ2n) is 17.9. The smallest absolute Gasteiger partial charge is 0.0991 e. The average Bonchev–Trinajstić information content (AvgIpc) is 4.12. The molecule has 8 heteroatoms. The van der Waals surface area contributed by atoms with E-state index in [2.05, 4.69) is 190 Å². The third-order valence-electron chi connectivity index (χ3n) is 14.6. The molecule has 1 aliphatic heterocycles. The summed E-state index contributed by atoms with van der Waals surface area (Å²) >= 11 is 1.81. The minimum Gasteiger partial charge on any atom is -0.309 e. The van der Waals surface area contributed by atoms with Gasteiger partial charge in [-0.3, -0.25) is 9.97 Å². The molecule has 1 spiro atoms. The van der Waals surface area contributed by atoms with E-state index in [1.165, 1.54) is 10.8 Å². The molecule has 6 heterocycles. The van der Waals surface area contributed by atoms with Crippen molar-refractivity contribution in [1.29, 1.82) is 10.5 Å². The molecular weight excluding hydrogens is 863 g/mol. The van der Waals surface area contributed by atoms with Crippen LogP contribution < -0.4 is 0 Å². The van der Waals surface area contributed by atoms with Crippen LogP contribution >= 0.6 is 11.8 Å². The number of hydrogen-bond acceptors (Lipinski definition) is 5. The normalized spacial score (nSPS) is 14.6. The first-order chi connectivity index (χ1) is 34.1. The fourth-order valence-corrected chi connectivity index (χ4v) is 13.2. The monoisotopic (exact) mass is 895 g/mol. The van der Waals surface area contributed by atoms with Crippen LogP contribution in [0.4, 0.5) is 0 Å². The van der Waals surface area contributed by atoms with Gasteiger partial charge in [-0.05, 0) is 108 Å². The maximum atomic E-state index is 10.1. The van der Waals surface area contributed by atoms with Gasteiger partial charge in [-0.25, -0.2) is 0 Å². The van der Waals surface area contributed by atoms with Crippen LogP contribution in [0.1, 0.15) is 33.4 Å². The van der Waals surface area contributed by atoms with E-state index in [0.29, 0.717) is 11.1 Å². The van der Waals surface area contributed by atoms with E-state index in [1.807, 2.05) is 48.4 Å². The van der Waals surface area contributed by atoms with Gasteiger partial charge in [-0.1, -0.05) is 103 Å². The van der Waals surface area contributed by atoms with Crippen molar-refractivity contribution in [3.63, 3.8) is 0 Å². The molecule has 7 nitrogen and oxygen atoms in total. The van der Waals surface area contributed by atoms with Crippen LogP contribution in [-0.2, 0) is 5.41 Å². The highest BCUT2D eigenvalue weighted by Crippen LogP contribution is 2.63. The summed E-state index contributed by atoms with van der Waals surface area (Å²) in [6.07, 6.45) is 3.87. The van der Waals surface area contributed by atoms with Gasteiger partial charge in [0.05, 0.1) is 90.7 Å². The number of hydrogen-bond donors (Lipinski definition) is 0. The van der Waals surface area contributed by atoms with Gasteiger partial charge >= 0.3 is 0 Å². The lowest BCUT2D eigenvalue weighted by atomic mass is 9.67. The van der Waals surface area contributed by atoms with Crippen molar-refractivity contribution in [2.45, 2.75) is 15.2 Å². The third-order valence-corrected chi connectivity index (χ3v) is 15.7. The van der Waals surface area contributed by atoms with Crippen LogP contribution in [0.3, 0.4) is 0 Å². The summed E-state index contributed by atoms with van der Waals surface area (Å²) in [6, 6.07) is 71.4. The maximum Gasteiger partial charge on any atom is 0.0991 e. The summed E-state index contributed by atoms with van der Waals surface area (Å²) in [5.74, 6) is 0. The molecule has 0 radical (unpaired) electrons. The van der Waals surface area contributed by atoms with Crippen molar-refractivity contribution < 1.29 is 0 Å². The Bertz CT molecular complexity index is 4470. The van der Waals surface area contributed by atoms with Crippen LogP contribution in [-0.4, -0.2) is 23.7 Å². The molecule has 0 fully saturated rings. The number of nitrogens with zero attached hydrogens (tertiary/aromatic N) is 7. The zero-order chi connectivity index (χ0) is 45.5. The second-order valence-corrected chi connectivity index (χ2v) is 19.0. The summed E-state index contributed by atoms with van der Waals surface area (Å²) in [5.41, 5.74) is 15.9. The number of rotatable bonds is 3. The molecule has 13 aromatic rings. The number of benzene rings is 8. The molecule has 8 aromatic carbocycles. The molecule has 69 heavy (non-hydrogen) atoms. The third kappa shape index (κ3) is 4.95. The van der Waals surface area contributed by atoms with Crippen LogP contribution in [0.5, 0.6) is 0 Å². The molecule has 318 valence electrons. The molecule has 1 aliphatic carbocycles. The second kappa shape index (κ2) is 13.9. The Balaban J connectivity index is 1.08. The van der Waals surface area contributed by atoms with Crippen LogP contribution in [0.15, 0.2) is 210 Å². The van der Waals surface area contributed by atoms with E-state index in [9.17, 15) is 10.5 Å². The maximum absolute atomic E-state index is 10.1. The topological polar surface area (TPSA) is 88.1 Å². The van der Waals surface area contributed by atoms with E-state index in [1.54, 1.807) is 0 Å². The summed E-state index contributed by atoms with van der Waals surface area (Å²) in [7, 11) is 0. The van der Waals surface area contributed by atoms with Crippen molar-refractivity contribution in [3.8, 4) is 40.6 Å². The van der Waals surface area contributed by atoms with Crippen LogP contribution in [0.25, 0.3) is 93.9 Å². The SMILES string of the molecule is N#Cc1ccc2c(c1)c1ccccc1n2-c1cnc2c(c1)C1(c3ccc(-n4c5ccccc5c5ccccc54)cc3Sc3cccc(-n4c5ccccc5c5cc(C#N)ccc54)c31)c1cccnc1-2. The van der Waals surface area contributed by atoms with E-state index >= 15 is 0 Å². The number of para-hydroxylation sites is 4. The molecule has 15 rings (SSSR count). The highest BCUT2D eigenvalue weighted by atomic mass is 32.2. The first kappa shape index (κ1) is 38.0. The zero-order valence-corrected chi connectivity index (χ0v) is 37.4. The van der Waals surface area contributed by atoms with Crippen molar-refractivity contribution in [1.82, 2.24) is 23.7 Å². The first-order valence-corrected chi connectivity index (χ1v) is 23.7. The highest BCUT2D eigenvalue weighted by molar-refractivity contribution is 7.99. The lowest BCUT2D eigenvalue weighted by Gasteiger charge is -2.41. The number of pyridine rings is 2. The Morgan fingerprint density at radius 3 is 1.59 bits per heavy atom. The van der Waals surface area contributed by atoms with Gasteiger partial charge in [0.2, 0.25) is 0 Å². The van der Waals surface area contributed by atoms with Crippen LogP contribution in [0, 0.1) is 22.7 Å². The molecular formula is C61H33N7S. The molecule has 0 N–H and O–H groups in total. The minimum atomic E-state index is -0.898. The average molecular weight is 896 g/mol. The number of aromatic nitrogens is 5. The summed E-state index contributed by atoms with van der Waals surface area (Å²) < 4.78 is 7.09.